The largest absolute Gasteiger partial charge is 0.331 e. The van der Waals surface area contributed by atoms with Crippen LogP contribution in [0.1, 0.15) is 73.5 Å². The minimum absolute atomic E-state index is 0.157. The summed E-state index contributed by atoms with van der Waals surface area (Å²) >= 11 is 0. The second-order valence-electron chi connectivity index (χ2n) is 10.6. The zero-order valence-electron chi connectivity index (χ0n) is 20.3. The first-order valence-electron chi connectivity index (χ1n) is 12.4. The average molecular weight is 440 g/mol. The van der Waals surface area contributed by atoms with Gasteiger partial charge in [0.15, 0.2) is 0 Å². The number of benzene rings is 3. The van der Waals surface area contributed by atoms with Crippen LogP contribution in [0.4, 0.5) is 0 Å². The summed E-state index contributed by atoms with van der Waals surface area (Å²) in [5.41, 5.74) is 4.86. The Morgan fingerprint density at radius 2 is 1.24 bits per heavy atom. The Morgan fingerprint density at radius 3 is 1.79 bits per heavy atom. The highest BCUT2D eigenvalue weighted by Crippen LogP contribution is 2.39. The number of rotatable bonds is 6. The van der Waals surface area contributed by atoms with Crippen molar-refractivity contribution in [2.45, 2.75) is 65.5 Å². The molecule has 2 heteroatoms. The van der Waals surface area contributed by atoms with Crippen LogP contribution in [0.2, 0.25) is 0 Å². The summed E-state index contributed by atoms with van der Waals surface area (Å²) in [5, 5.41) is 0. The Hall–Kier alpha value is -2.87. The van der Waals surface area contributed by atoms with E-state index in [2.05, 4.69) is 86.3 Å². The van der Waals surface area contributed by atoms with Gasteiger partial charge in [-0.25, -0.2) is 0 Å². The molecule has 0 saturated heterocycles. The maximum absolute atomic E-state index is 13.7. The normalized spacial score (nSPS) is 18.6. The van der Waals surface area contributed by atoms with Gasteiger partial charge < -0.3 is 4.90 Å². The lowest BCUT2D eigenvalue weighted by Crippen LogP contribution is -2.43. The van der Waals surface area contributed by atoms with E-state index < -0.39 is 0 Å². The van der Waals surface area contributed by atoms with Gasteiger partial charge in [0, 0.05) is 18.2 Å². The topological polar surface area (TPSA) is 20.3 Å². The van der Waals surface area contributed by atoms with Gasteiger partial charge in [0.2, 0.25) is 0 Å². The van der Waals surface area contributed by atoms with Crippen LogP contribution in [-0.4, -0.2) is 16.8 Å². The molecule has 1 aliphatic carbocycles. The van der Waals surface area contributed by atoms with Gasteiger partial charge in [0.25, 0.3) is 5.91 Å². The zero-order chi connectivity index (χ0) is 23.3. The maximum atomic E-state index is 13.7. The molecule has 0 radical (unpaired) electrons. The standard InChI is InChI=1S/C31H37NO/c1-31(2,3)28-18-20-29(21-19-28)32(23-26-12-8-5-9-13-26)30(33)27-16-14-25(15-17-27)22-24-10-6-4-7-11-24/h4-17,28-29H,18-23H2,1-3H3. The SMILES string of the molecule is CC(C)(C)C1CCC(N(Cc2ccccc2)C(=O)c2ccc(Cc3ccccc3)cc2)CC1. The van der Waals surface area contributed by atoms with Gasteiger partial charge in [0.1, 0.15) is 0 Å². The predicted octanol–water partition coefficient (Wildman–Crippen LogP) is 7.52. The second-order valence-corrected chi connectivity index (χ2v) is 10.6. The Morgan fingerprint density at radius 1 is 0.727 bits per heavy atom. The smallest absolute Gasteiger partial charge is 0.254 e. The summed E-state index contributed by atoms with van der Waals surface area (Å²) in [6.07, 6.45) is 5.46. The summed E-state index contributed by atoms with van der Waals surface area (Å²) in [6.45, 7) is 7.72. The van der Waals surface area contributed by atoms with E-state index in [1.807, 2.05) is 24.3 Å². The van der Waals surface area contributed by atoms with Crippen molar-refractivity contribution in [3.05, 3.63) is 107 Å². The lowest BCUT2D eigenvalue weighted by molar-refractivity contribution is 0.0531. The van der Waals surface area contributed by atoms with Gasteiger partial charge >= 0.3 is 0 Å². The lowest BCUT2D eigenvalue weighted by atomic mass is 9.71. The third-order valence-corrected chi connectivity index (χ3v) is 7.27. The molecule has 0 atom stereocenters. The van der Waals surface area contributed by atoms with Gasteiger partial charge in [-0.15, -0.1) is 0 Å². The molecule has 3 aromatic carbocycles. The molecule has 0 spiro atoms. The zero-order valence-corrected chi connectivity index (χ0v) is 20.3. The number of carbonyl (C=O) groups excluding carboxylic acids is 1. The van der Waals surface area contributed by atoms with Crippen LogP contribution in [-0.2, 0) is 13.0 Å². The molecule has 0 aromatic heterocycles. The van der Waals surface area contributed by atoms with E-state index in [1.54, 1.807) is 0 Å². The summed E-state index contributed by atoms with van der Waals surface area (Å²) in [7, 11) is 0. The fourth-order valence-electron chi connectivity index (χ4n) is 5.16. The minimum Gasteiger partial charge on any atom is -0.331 e. The lowest BCUT2D eigenvalue weighted by Gasteiger charge is -2.41. The first-order chi connectivity index (χ1) is 15.9. The average Bonchev–Trinajstić information content (AvgIpc) is 2.83. The molecule has 4 rings (SSSR count). The van der Waals surface area contributed by atoms with E-state index in [0.29, 0.717) is 18.0 Å². The Bertz CT molecular complexity index is 1010. The molecule has 0 N–H and O–H groups in total. The number of carbonyl (C=O) groups is 1. The molecule has 2 nitrogen and oxygen atoms in total. The van der Waals surface area contributed by atoms with Gasteiger partial charge in [0.05, 0.1) is 0 Å². The van der Waals surface area contributed by atoms with Crippen molar-refractivity contribution in [3.8, 4) is 0 Å². The van der Waals surface area contributed by atoms with Crippen molar-refractivity contribution in [2.24, 2.45) is 11.3 Å². The predicted molar refractivity (Wildman–Crippen MR) is 137 cm³/mol. The fraction of sp³-hybridized carbons (Fsp3) is 0.387. The van der Waals surface area contributed by atoms with Crippen molar-refractivity contribution in [2.75, 3.05) is 0 Å². The van der Waals surface area contributed by atoms with Gasteiger partial charge in [-0.05, 0) is 72.3 Å². The summed E-state index contributed by atoms with van der Waals surface area (Å²) in [5.74, 6) is 0.893. The van der Waals surface area contributed by atoms with Crippen molar-refractivity contribution < 1.29 is 4.79 Å². The molecule has 0 bridgehead atoms. The van der Waals surface area contributed by atoms with Crippen molar-refractivity contribution in [3.63, 3.8) is 0 Å². The molecular formula is C31H37NO. The summed E-state index contributed by atoms with van der Waals surface area (Å²) < 4.78 is 0. The van der Waals surface area contributed by atoms with Crippen LogP contribution in [0.5, 0.6) is 0 Å². The van der Waals surface area contributed by atoms with E-state index in [1.165, 1.54) is 29.5 Å². The van der Waals surface area contributed by atoms with Gasteiger partial charge in [-0.2, -0.15) is 0 Å². The van der Waals surface area contributed by atoms with Gasteiger partial charge in [-0.1, -0.05) is 93.6 Å². The van der Waals surface area contributed by atoms with E-state index in [0.717, 1.165) is 30.7 Å². The van der Waals surface area contributed by atoms with Crippen molar-refractivity contribution in [1.29, 1.82) is 0 Å². The van der Waals surface area contributed by atoms with Crippen LogP contribution in [0.3, 0.4) is 0 Å². The molecule has 0 aliphatic heterocycles. The third kappa shape index (κ3) is 6.13. The number of amides is 1. The molecule has 1 fully saturated rings. The number of hydrogen-bond acceptors (Lipinski definition) is 1. The van der Waals surface area contributed by atoms with Crippen LogP contribution in [0.25, 0.3) is 0 Å². The van der Waals surface area contributed by atoms with E-state index in [9.17, 15) is 4.79 Å². The highest BCUT2D eigenvalue weighted by atomic mass is 16.2. The molecule has 3 aromatic rings. The second kappa shape index (κ2) is 10.4. The van der Waals surface area contributed by atoms with E-state index in [4.69, 9.17) is 0 Å². The molecule has 1 aliphatic rings. The highest BCUT2D eigenvalue weighted by Gasteiger charge is 2.33. The first kappa shape index (κ1) is 23.3. The fourth-order valence-corrected chi connectivity index (χ4v) is 5.16. The Labute approximate surface area is 199 Å². The molecule has 172 valence electrons. The Kier molecular flexibility index (Phi) is 7.33. The highest BCUT2D eigenvalue weighted by molar-refractivity contribution is 5.94. The van der Waals surface area contributed by atoms with Gasteiger partial charge in [-0.3, -0.25) is 4.79 Å². The summed E-state index contributed by atoms with van der Waals surface area (Å²) in [4.78, 5) is 15.9. The third-order valence-electron chi connectivity index (χ3n) is 7.27. The molecule has 1 saturated carbocycles. The van der Waals surface area contributed by atoms with Crippen LogP contribution < -0.4 is 0 Å². The molecule has 0 unspecified atom stereocenters. The number of nitrogens with zero attached hydrogens (tertiary/aromatic N) is 1. The van der Waals surface area contributed by atoms with E-state index in [-0.39, 0.29) is 5.91 Å². The van der Waals surface area contributed by atoms with Crippen LogP contribution >= 0.6 is 0 Å². The van der Waals surface area contributed by atoms with Crippen molar-refractivity contribution in [1.82, 2.24) is 4.90 Å². The Balaban J connectivity index is 1.50. The molecular weight excluding hydrogens is 402 g/mol. The first-order valence-corrected chi connectivity index (χ1v) is 12.4. The monoisotopic (exact) mass is 439 g/mol. The summed E-state index contributed by atoms with van der Waals surface area (Å²) in [6, 6.07) is 29.5. The van der Waals surface area contributed by atoms with E-state index >= 15 is 0 Å². The van der Waals surface area contributed by atoms with Crippen LogP contribution in [0.15, 0.2) is 84.9 Å². The minimum atomic E-state index is 0.157. The molecule has 33 heavy (non-hydrogen) atoms. The maximum Gasteiger partial charge on any atom is 0.254 e. The molecule has 0 heterocycles. The quantitative estimate of drug-likeness (QED) is 0.389. The number of hydrogen-bond donors (Lipinski definition) is 0. The molecule has 1 amide bonds. The van der Waals surface area contributed by atoms with Crippen LogP contribution in [0, 0.1) is 11.3 Å². The van der Waals surface area contributed by atoms with Crippen molar-refractivity contribution >= 4 is 5.91 Å².